The molecule has 1 aliphatic heterocycles. The van der Waals surface area contributed by atoms with E-state index in [9.17, 15) is 9.59 Å². The molecule has 2 heterocycles. The van der Waals surface area contributed by atoms with Crippen LogP contribution in [0.25, 0.3) is 22.2 Å². The molecule has 0 spiro atoms. The van der Waals surface area contributed by atoms with Crippen LogP contribution in [0.2, 0.25) is 5.02 Å². The van der Waals surface area contributed by atoms with Gasteiger partial charge in [0, 0.05) is 16.0 Å². The highest BCUT2D eigenvalue weighted by atomic mass is 35.5. The van der Waals surface area contributed by atoms with Crippen molar-refractivity contribution in [3.05, 3.63) is 52.5 Å². The third-order valence-electron chi connectivity index (χ3n) is 6.35. The molecule has 154 valence electrons. The van der Waals surface area contributed by atoms with E-state index in [2.05, 4.69) is 9.88 Å². The molecule has 1 fully saturated rings. The van der Waals surface area contributed by atoms with Crippen molar-refractivity contribution in [2.24, 2.45) is 0 Å². The molecule has 30 heavy (non-hydrogen) atoms. The SMILES string of the molecule is COC(=O)c1ccc2c(C3CCCCC3)c3n(c2c1)CC(=O)Nc1cc(Cl)ccc1-3. The molecule has 0 saturated heterocycles. The Hall–Kier alpha value is -2.79. The number of hydrogen-bond acceptors (Lipinski definition) is 3. The third-order valence-corrected chi connectivity index (χ3v) is 6.59. The molecule has 1 amide bonds. The third kappa shape index (κ3) is 3.08. The normalized spacial score (nSPS) is 16.5. The number of fused-ring (bicyclic) bond motifs is 5. The first-order valence-electron chi connectivity index (χ1n) is 10.4. The van der Waals surface area contributed by atoms with Crippen LogP contribution in [0.15, 0.2) is 36.4 Å². The maximum Gasteiger partial charge on any atom is 0.337 e. The summed E-state index contributed by atoms with van der Waals surface area (Å²) in [5.41, 5.74) is 5.43. The zero-order valence-electron chi connectivity index (χ0n) is 16.8. The zero-order valence-corrected chi connectivity index (χ0v) is 17.6. The highest BCUT2D eigenvalue weighted by Gasteiger charge is 2.30. The lowest BCUT2D eigenvalue weighted by atomic mass is 9.81. The van der Waals surface area contributed by atoms with Crippen LogP contribution in [0.3, 0.4) is 0 Å². The quantitative estimate of drug-likeness (QED) is 0.535. The van der Waals surface area contributed by atoms with Crippen LogP contribution < -0.4 is 5.32 Å². The summed E-state index contributed by atoms with van der Waals surface area (Å²) in [5.74, 6) is -0.0528. The summed E-state index contributed by atoms with van der Waals surface area (Å²) in [5, 5.41) is 4.70. The van der Waals surface area contributed by atoms with Crippen LogP contribution in [0, 0.1) is 0 Å². The molecule has 0 unspecified atom stereocenters. The predicted molar refractivity (Wildman–Crippen MR) is 118 cm³/mol. The Morgan fingerprint density at radius 3 is 2.70 bits per heavy atom. The summed E-state index contributed by atoms with van der Waals surface area (Å²) >= 11 is 6.23. The number of esters is 1. The second-order valence-electron chi connectivity index (χ2n) is 8.14. The van der Waals surface area contributed by atoms with Gasteiger partial charge in [0.1, 0.15) is 6.54 Å². The molecule has 2 aromatic carbocycles. The summed E-state index contributed by atoms with van der Waals surface area (Å²) in [6.07, 6.45) is 5.96. The van der Waals surface area contributed by atoms with Crippen LogP contribution in [0.4, 0.5) is 5.69 Å². The van der Waals surface area contributed by atoms with E-state index in [1.54, 1.807) is 0 Å². The first kappa shape index (κ1) is 19.2. The van der Waals surface area contributed by atoms with Gasteiger partial charge in [-0.15, -0.1) is 0 Å². The number of ether oxygens (including phenoxy) is 1. The van der Waals surface area contributed by atoms with Gasteiger partial charge in [-0.25, -0.2) is 4.79 Å². The van der Waals surface area contributed by atoms with Crippen molar-refractivity contribution < 1.29 is 14.3 Å². The molecule has 1 N–H and O–H groups in total. The number of carbonyl (C=O) groups excluding carboxylic acids is 2. The number of nitrogens with zero attached hydrogens (tertiary/aromatic N) is 1. The Morgan fingerprint density at radius 2 is 1.93 bits per heavy atom. The Bertz CT molecular complexity index is 1170. The number of halogens is 1. The average molecular weight is 423 g/mol. The van der Waals surface area contributed by atoms with E-state index < -0.39 is 0 Å². The summed E-state index contributed by atoms with van der Waals surface area (Å²) < 4.78 is 6.98. The van der Waals surface area contributed by atoms with E-state index in [0.29, 0.717) is 16.5 Å². The van der Waals surface area contributed by atoms with Gasteiger partial charge in [0.2, 0.25) is 5.91 Å². The minimum absolute atomic E-state index is 0.104. The van der Waals surface area contributed by atoms with Crippen molar-refractivity contribution in [3.63, 3.8) is 0 Å². The van der Waals surface area contributed by atoms with Crippen molar-refractivity contribution in [1.29, 1.82) is 0 Å². The Labute approximate surface area is 180 Å². The Balaban J connectivity index is 1.84. The van der Waals surface area contributed by atoms with E-state index in [-0.39, 0.29) is 18.4 Å². The highest BCUT2D eigenvalue weighted by molar-refractivity contribution is 6.31. The van der Waals surface area contributed by atoms with E-state index in [1.807, 2.05) is 36.4 Å². The van der Waals surface area contributed by atoms with Crippen LogP contribution >= 0.6 is 11.6 Å². The largest absolute Gasteiger partial charge is 0.465 e. The maximum atomic E-state index is 12.8. The van der Waals surface area contributed by atoms with Gasteiger partial charge in [0.25, 0.3) is 0 Å². The highest BCUT2D eigenvalue weighted by Crippen LogP contribution is 2.47. The molecule has 6 heteroatoms. The van der Waals surface area contributed by atoms with E-state index in [4.69, 9.17) is 16.3 Å². The second kappa shape index (κ2) is 7.47. The van der Waals surface area contributed by atoms with Crippen LogP contribution in [-0.2, 0) is 16.1 Å². The summed E-state index contributed by atoms with van der Waals surface area (Å²) in [7, 11) is 1.38. The molecule has 3 aromatic rings. The zero-order chi connectivity index (χ0) is 20.8. The minimum atomic E-state index is -0.378. The summed E-state index contributed by atoms with van der Waals surface area (Å²) in [4.78, 5) is 24.9. The van der Waals surface area contributed by atoms with Gasteiger partial charge in [0.05, 0.1) is 29.6 Å². The van der Waals surface area contributed by atoms with E-state index in [0.717, 1.165) is 40.7 Å². The topological polar surface area (TPSA) is 60.3 Å². The molecule has 1 aliphatic carbocycles. The molecule has 0 bridgehead atoms. The molecule has 0 atom stereocenters. The number of aromatic nitrogens is 1. The van der Waals surface area contributed by atoms with Gasteiger partial charge < -0.3 is 14.6 Å². The molecular weight excluding hydrogens is 400 g/mol. The fourth-order valence-electron chi connectivity index (χ4n) is 5.04. The number of hydrogen-bond donors (Lipinski definition) is 1. The minimum Gasteiger partial charge on any atom is -0.465 e. The van der Waals surface area contributed by atoms with Crippen molar-refractivity contribution in [3.8, 4) is 11.3 Å². The maximum absolute atomic E-state index is 12.8. The van der Waals surface area contributed by atoms with Crippen molar-refractivity contribution in [2.45, 2.75) is 44.6 Å². The monoisotopic (exact) mass is 422 g/mol. The number of nitrogens with one attached hydrogen (secondary N) is 1. The van der Waals surface area contributed by atoms with Crippen molar-refractivity contribution in [2.75, 3.05) is 12.4 Å². The average Bonchev–Trinajstić information content (AvgIpc) is 2.98. The second-order valence-corrected chi connectivity index (χ2v) is 8.58. The molecule has 0 radical (unpaired) electrons. The lowest BCUT2D eigenvalue weighted by molar-refractivity contribution is -0.116. The smallest absolute Gasteiger partial charge is 0.337 e. The van der Waals surface area contributed by atoms with Gasteiger partial charge in [-0.2, -0.15) is 0 Å². The van der Waals surface area contributed by atoms with Gasteiger partial charge in [0.15, 0.2) is 0 Å². The number of carbonyl (C=O) groups is 2. The number of benzene rings is 2. The molecule has 2 aliphatic rings. The number of methoxy groups -OCH3 is 1. The fourth-order valence-corrected chi connectivity index (χ4v) is 5.21. The molecule has 1 aromatic heterocycles. The number of anilines is 1. The Morgan fingerprint density at radius 1 is 1.13 bits per heavy atom. The van der Waals surface area contributed by atoms with Gasteiger partial charge in [-0.05, 0) is 54.7 Å². The number of amides is 1. The van der Waals surface area contributed by atoms with E-state index >= 15 is 0 Å². The van der Waals surface area contributed by atoms with Gasteiger partial charge in [-0.1, -0.05) is 36.9 Å². The lowest BCUT2D eigenvalue weighted by Crippen LogP contribution is -2.16. The van der Waals surface area contributed by atoms with Gasteiger partial charge >= 0.3 is 5.97 Å². The Kier molecular flexibility index (Phi) is 4.78. The van der Waals surface area contributed by atoms with Crippen LogP contribution in [-0.4, -0.2) is 23.6 Å². The molecule has 5 nitrogen and oxygen atoms in total. The first-order chi connectivity index (χ1) is 14.6. The first-order valence-corrected chi connectivity index (χ1v) is 10.8. The summed E-state index contributed by atoms with van der Waals surface area (Å²) in [6, 6.07) is 11.4. The van der Waals surface area contributed by atoms with Crippen molar-refractivity contribution in [1.82, 2.24) is 4.57 Å². The van der Waals surface area contributed by atoms with Crippen molar-refractivity contribution >= 4 is 40.1 Å². The molecule has 1 saturated carbocycles. The lowest BCUT2D eigenvalue weighted by Gasteiger charge is -2.23. The van der Waals surface area contributed by atoms with Gasteiger partial charge in [-0.3, -0.25) is 4.79 Å². The molecule has 5 rings (SSSR count). The predicted octanol–water partition coefficient (Wildman–Crippen LogP) is 5.75. The standard InChI is InChI=1S/C24H23ClN2O3/c1-30-24(29)15-7-9-18-20(11-15)27-13-21(28)26-19-12-16(25)8-10-17(19)23(27)22(18)14-5-3-2-4-6-14/h7-12,14H,2-6,13H2,1H3,(H,26,28). The fraction of sp³-hybridized carbons (Fsp3) is 0.333. The molecular formula is C24H23ClN2O3. The van der Waals surface area contributed by atoms with Crippen LogP contribution in [0.5, 0.6) is 0 Å². The van der Waals surface area contributed by atoms with E-state index in [1.165, 1.54) is 31.9 Å². The van der Waals surface area contributed by atoms with Crippen LogP contribution in [0.1, 0.15) is 53.9 Å². The number of rotatable bonds is 2. The summed E-state index contributed by atoms with van der Waals surface area (Å²) in [6.45, 7) is 0.190.